The molecule has 3 aromatic rings. The molecule has 0 radical (unpaired) electrons. The van der Waals surface area contributed by atoms with E-state index in [4.69, 9.17) is 34.8 Å². The fourth-order valence-corrected chi connectivity index (χ4v) is 5.49. The minimum absolute atomic E-state index is 0.0607. The highest BCUT2D eigenvalue weighted by molar-refractivity contribution is 7.92. The van der Waals surface area contributed by atoms with Crippen LogP contribution in [0.1, 0.15) is 23.2 Å². The quantitative estimate of drug-likeness (QED) is 0.481. The van der Waals surface area contributed by atoms with E-state index in [1.807, 2.05) is 23.0 Å². The monoisotopic (exact) mass is 523 g/mol. The molecule has 4 rings (SSSR count). The van der Waals surface area contributed by atoms with Gasteiger partial charge in [0.05, 0.1) is 23.3 Å². The number of sulfone groups is 1. The van der Waals surface area contributed by atoms with Crippen molar-refractivity contribution in [1.29, 1.82) is 0 Å². The van der Waals surface area contributed by atoms with Crippen molar-refractivity contribution in [3.8, 4) is 0 Å². The maximum atomic E-state index is 12.4. The number of nitrogens with zero attached hydrogens (tertiary/aromatic N) is 2. The van der Waals surface area contributed by atoms with Gasteiger partial charge >= 0.3 is 0 Å². The molecule has 0 bridgehead atoms. The first kappa shape index (κ1) is 23.8. The molecular weight excluding hydrogens is 505 g/mol. The van der Waals surface area contributed by atoms with E-state index in [0.29, 0.717) is 21.6 Å². The number of allylic oxidation sites excluding steroid dienone is 1. The van der Waals surface area contributed by atoms with Crippen LogP contribution in [0, 0.1) is 0 Å². The van der Waals surface area contributed by atoms with E-state index in [0.717, 1.165) is 35.2 Å². The van der Waals surface area contributed by atoms with Crippen molar-refractivity contribution in [3.05, 3.63) is 86.6 Å². The van der Waals surface area contributed by atoms with Crippen LogP contribution in [0.3, 0.4) is 0 Å². The van der Waals surface area contributed by atoms with Crippen molar-refractivity contribution >= 4 is 56.1 Å². The fourth-order valence-electron chi connectivity index (χ4n) is 3.73. The average molecular weight is 525 g/mol. The zero-order valence-electron chi connectivity index (χ0n) is 17.4. The number of aryl methyl sites for hydroxylation is 1. The molecule has 1 amide bonds. The molecule has 0 saturated heterocycles. The lowest BCUT2D eigenvalue weighted by Crippen LogP contribution is -2.30. The third-order valence-electron chi connectivity index (χ3n) is 5.36. The summed E-state index contributed by atoms with van der Waals surface area (Å²) < 4.78 is 26.7. The zero-order valence-corrected chi connectivity index (χ0v) is 20.5. The highest BCUT2D eigenvalue weighted by Crippen LogP contribution is 2.33. The Hall–Kier alpha value is -2.32. The summed E-state index contributed by atoms with van der Waals surface area (Å²) in [6, 6.07) is 11.1. The molecule has 1 aliphatic carbocycles. The molecule has 172 valence electrons. The molecule has 0 spiro atoms. The van der Waals surface area contributed by atoms with E-state index in [1.54, 1.807) is 12.1 Å². The van der Waals surface area contributed by atoms with Crippen LogP contribution in [0.5, 0.6) is 0 Å². The molecule has 10 heteroatoms. The SMILES string of the molecule is O=C(CS(=O)(=O)c1ccc(Cl)cc1)NC/C=C1\CCc2cnn(Cc3ccc(Cl)cc3Cl)c21. The standard InChI is InChI=1S/C23H20Cl3N3O3S/c24-18-5-7-20(8-6-18)33(31,32)14-22(30)27-10-9-15-1-2-16-12-28-29(23(15)16)13-17-3-4-19(25)11-21(17)26/h3-9,11-12H,1-2,10,13-14H2,(H,27,30)/b15-9+. The van der Waals surface area contributed by atoms with Crippen LogP contribution in [0.15, 0.2) is 59.6 Å². The number of rotatable bonds is 7. The second-order valence-electron chi connectivity index (χ2n) is 7.66. The topological polar surface area (TPSA) is 81.1 Å². The Morgan fingerprint density at radius 2 is 1.79 bits per heavy atom. The zero-order chi connectivity index (χ0) is 23.6. The minimum atomic E-state index is -3.74. The van der Waals surface area contributed by atoms with Gasteiger partial charge in [-0.25, -0.2) is 8.42 Å². The summed E-state index contributed by atoms with van der Waals surface area (Å²) in [6.07, 6.45) is 5.42. The summed E-state index contributed by atoms with van der Waals surface area (Å²) in [7, 11) is -3.74. The van der Waals surface area contributed by atoms with Crippen LogP contribution in [-0.2, 0) is 27.6 Å². The summed E-state index contributed by atoms with van der Waals surface area (Å²) >= 11 is 18.1. The van der Waals surface area contributed by atoms with E-state index >= 15 is 0 Å². The molecule has 1 N–H and O–H groups in total. The number of aromatic nitrogens is 2. The minimum Gasteiger partial charge on any atom is -0.352 e. The lowest BCUT2D eigenvalue weighted by molar-refractivity contribution is -0.118. The number of carbonyl (C=O) groups excluding carboxylic acids is 1. The number of hydrogen-bond donors (Lipinski definition) is 1. The van der Waals surface area contributed by atoms with Gasteiger partial charge in [-0.2, -0.15) is 5.10 Å². The molecule has 0 atom stereocenters. The van der Waals surface area contributed by atoms with Gasteiger partial charge < -0.3 is 5.32 Å². The summed E-state index contributed by atoms with van der Waals surface area (Å²) in [5.41, 5.74) is 4.08. The Labute approximate surface area is 207 Å². The Kier molecular flexibility index (Phi) is 7.14. The fraction of sp³-hybridized carbons (Fsp3) is 0.217. The van der Waals surface area contributed by atoms with Gasteiger partial charge in [-0.15, -0.1) is 0 Å². The number of benzene rings is 2. The van der Waals surface area contributed by atoms with Crippen molar-refractivity contribution in [3.63, 3.8) is 0 Å². The van der Waals surface area contributed by atoms with E-state index in [-0.39, 0.29) is 11.4 Å². The van der Waals surface area contributed by atoms with Gasteiger partial charge in [0.25, 0.3) is 0 Å². The first-order chi connectivity index (χ1) is 15.7. The molecule has 0 saturated carbocycles. The van der Waals surface area contributed by atoms with Crippen LogP contribution in [0.2, 0.25) is 15.1 Å². The van der Waals surface area contributed by atoms with Gasteiger partial charge in [0, 0.05) is 21.6 Å². The predicted molar refractivity (Wildman–Crippen MR) is 131 cm³/mol. The lowest BCUT2D eigenvalue weighted by Gasteiger charge is -2.10. The average Bonchev–Trinajstić information content (AvgIpc) is 3.33. The summed E-state index contributed by atoms with van der Waals surface area (Å²) in [5, 5.41) is 8.73. The van der Waals surface area contributed by atoms with E-state index in [2.05, 4.69) is 10.4 Å². The Bertz CT molecular complexity index is 1330. The first-order valence-electron chi connectivity index (χ1n) is 10.2. The molecule has 0 fully saturated rings. The molecule has 2 aromatic carbocycles. The number of halogens is 3. The molecule has 0 aliphatic heterocycles. The largest absolute Gasteiger partial charge is 0.352 e. The molecule has 6 nitrogen and oxygen atoms in total. The third kappa shape index (κ3) is 5.61. The second-order valence-corrected chi connectivity index (χ2v) is 10.9. The van der Waals surface area contributed by atoms with Crippen LogP contribution in [-0.4, -0.2) is 36.4 Å². The van der Waals surface area contributed by atoms with Gasteiger partial charge in [0.1, 0.15) is 5.75 Å². The van der Waals surface area contributed by atoms with E-state index < -0.39 is 21.5 Å². The summed E-state index contributed by atoms with van der Waals surface area (Å²) in [4.78, 5) is 12.3. The van der Waals surface area contributed by atoms with Gasteiger partial charge in [-0.05, 0) is 65.9 Å². The second kappa shape index (κ2) is 9.89. The maximum Gasteiger partial charge on any atom is 0.235 e. The van der Waals surface area contributed by atoms with E-state index in [1.165, 1.54) is 24.3 Å². The summed E-state index contributed by atoms with van der Waals surface area (Å²) in [5.74, 6) is -1.20. The number of nitrogens with one attached hydrogen (secondary N) is 1. The van der Waals surface area contributed by atoms with Gasteiger partial charge in [0.2, 0.25) is 5.91 Å². The smallest absolute Gasteiger partial charge is 0.235 e. The third-order valence-corrected chi connectivity index (χ3v) is 7.83. The van der Waals surface area contributed by atoms with Crippen LogP contribution in [0.25, 0.3) is 5.57 Å². The molecule has 0 unspecified atom stereocenters. The van der Waals surface area contributed by atoms with Crippen molar-refractivity contribution in [2.75, 3.05) is 12.3 Å². The highest BCUT2D eigenvalue weighted by Gasteiger charge is 2.23. The molecule has 1 heterocycles. The highest BCUT2D eigenvalue weighted by atomic mass is 35.5. The van der Waals surface area contributed by atoms with Gasteiger partial charge in [0.15, 0.2) is 9.84 Å². The van der Waals surface area contributed by atoms with Crippen LogP contribution >= 0.6 is 34.8 Å². The van der Waals surface area contributed by atoms with Crippen molar-refractivity contribution < 1.29 is 13.2 Å². The van der Waals surface area contributed by atoms with Crippen LogP contribution in [0.4, 0.5) is 0 Å². The Morgan fingerprint density at radius 1 is 1.06 bits per heavy atom. The maximum absolute atomic E-state index is 12.4. The van der Waals surface area contributed by atoms with E-state index in [9.17, 15) is 13.2 Å². The van der Waals surface area contributed by atoms with Gasteiger partial charge in [-0.1, -0.05) is 46.9 Å². The molecule has 33 heavy (non-hydrogen) atoms. The number of amides is 1. The Morgan fingerprint density at radius 3 is 2.52 bits per heavy atom. The number of carbonyl (C=O) groups is 1. The molecule has 1 aromatic heterocycles. The summed E-state index contributed by atoms with van der Waals surface area (Å²) in [6.45, 7) is 0.713. The number of hydrogen-bond acceptors (Lipinski definition) is 4. The van der Waals surface area contributed by atoms with Crippen LogP contribution < -0.4 is 5.32 Å². The van der Waals surface area contributed by atoms with Crippen molar-refractivity contribution in [1.82, 2.24) is 15.1 Å². The van der Waals surface area contributed by atoms with Crippen molar-refractivity contribution in [2.24, 2.45) is 0 Å². The Balaban J connectivity index is 1.41. The predicted octanol–water partition coefficient (Wildman–Crippen LogP) is 4.81. The van der Waals surface area contributed by atoms with Crippen molar-refractivity contribution in [2.45, 2.75) is 24.3 Å². The number of fused-ring (bicyclic) bond motifs is 1. The molecular formula is C23H20Cl3N3O3S. The first-order valence-corrected chi connectivity index (χ1v) is 12.9. The lowest BCUT2D eigenvalue weighted by atomic mass is 10.2. The van der Waals surface area contributed by atoms with Gasteiger partial charge in [-0.3, -0.25) is 9.48 Å². The normalized spacial score (nSPS) is 14.5. The molecule has 1 aliphatic rings.